The van der Waals surface area contributed by atoms with Crippen molar-refractivity contribution in [3.8, 4) is 5.75 Å². The van der Waals surface area contributed by atoms with Crippen molar-refractivity contribution in [2.75, 3.05) is 26.8 Å². The molecule has 2 aromatic carbocycles. The Morgan fingerprint density at radius 2 is 1.93 bits per heavy atom. The minimum atomic E-state index is -0.232. The van der Waals surface area contributed by atoms with Crippen molar-refractivity contribution in [1.29, 1.82) is 0 Å². The maximum atomic E-state index is 13.1. The number of carbonyl (C=O) groups is 1. The van der Waals surface area contributed by atoms with E-state index in [4.69, 9.17) is 9.47 Å². The van der Waals surface area contributed by atoms with Crippen molar-refractivity contribution < 1.29 is 18.7 Å². The molecular weight excluding hydrogens is 345 g/mol. The molecule has 1 aliphatic rings. The molecule has 0 saturated carbocycles. The van der Waals surface area contributed by atoms with Crippen LogP contribution in [0.2, 0.25) is 0 Å². The van der Waals surface area contributed by atoms with Crippen LogP contribution in [0.25, 0.3) is 0 Å². The molecule has 0 bridgehead atoms. The Hall–Kier alpha value is -2.40. The first-order valence-corrected chi connectivity index (χ1v) is 9.41. The first-order chi connectivity index (χ1) is 13.2. The van der Waals surface area contributed by atoms with Crippen LogP contribution < -0.4 is 4.74 Å². The molecule has 1 saturated heterocycles. The number of hydrogen-bond acceptors (Lipinski definition) is 3. The van der Waals surface area contributed by atoms with E-state index in [1.54, 1.807) is 19.2 Å². The van der Waals surface area contributed by atoms with Gasteiger partial charge >= 0.3 is 0 Å². The third-order valence-corrected chi connectivity index (χ3v) is 5.05. The summed E-state index contributed by atoms with van der Waals surface area (Å²) < 4.78 is 24.0. The van der Waals surface area contributed by atoms with Crippen LogP contribution in [0.15, 0.2) is 48.5 Å². The number of likely N-dealkylation sites (tertiary alicyclic amines) is 1. The van der Waals surface area contributed by atoms with Gasteiger partial charge in [0.25, 0.3) is 5.91 Å². The van der Waals surface area contributed by atoms with Crippen molar-refractivity contribution in [2.24, 2.45) is 5.92 Å². The highest BCUT2D eigenvalue weighted by Gasteiger charge is 2.23. The van der Waals surface area contributed by atoms with Crippen LogP contribution in [0.3, 0.4) is 0 Å². The van der Waals surface area contributed by atoms with Gasteiger partial charge in [-0.15, -0.1) is 0 Å². The molecule has 4 nitrogen and oxygen atoms in total. The molecular formula is C22H26FNO3. The SMILES string of the molecule is COc1cccc(C(=O)N2CCC(CCOCc3cccc(F)c3)CC2)c1. The van der Waals surface area contributed by atoms with Gasteiger partial charge in [-0.05, 0) is 61.1 Å². The maximum absolute atomic E-state index is 13.1. The van der Waals surface area contributed by atoms with Gasteiger partial charge in [0, 0.05) is 25.3 Å². The number of benzene rings is 2. The monoisotopic (exact) mass is 371 g/mol. The number of nitrogens with zero attached hydrogens (tertiary/aromatic N) is 1. The first-order valence-electron chi connectivity index (χ1n) is 9.41. The number of piperidine rings is 1. The smallest absolute Gasteiger partial charge is 0.253 e. The summed E-state index contributed by atoms with van der Waals surface area (Å²) in [5, 5.41) is 0. The molecule has 144 valence electrons. The van der Waals surface area contributed by atoms with Crippen LogP contribution in [-0.4, -0.2) is 37.6 Å². The van der Waals surface area contributed by atoms with Crippen LogP contribution in [0.4, 0.5) is 4.39 Å². The largest absolute Gasteiger partial charge is 0.497 e. The molecule has 1 amide bonds. The van der Waals surface area contributed by atoms with Gasteiger partial charge < -0.3 is 14.4 Å². The van der Waals surface area contributed by atoms with Gasteiger partial charge in [-0.25, -0.2) is 4.39 Å². The molecule has 0 aliphatic carbocycles. The number of hydrogen-bond donors (Lipinski definition) is 0. The van der Waals surface area contributed by atoms with E-state index in [0.717, 1.165) is 37.9 Å². The Kier molecular flexibility index (Phi) is 6.82. The third-order valence-electron chi connectivity index (χ3n) is 5.05. The molecule has 1 fully saturated rings. The van der Waals surface area contributed by atoms with Crippen LogP contribution in [0, 0.1) is 11.7 Å². The lowest BCUT2D eigenvalue weighted by molar-refractivity contribution is 0.0638. The number of ether oxygens (including phenoxy) is 2. The fraction of sp³-hybridized carbons (Fsp3) is 0.409. The number of amides is 1. The predicted octanol–water partition coefficient (Wildman–Crippen LogP) is 4.29. The summed E-state index contributed by atoms with van der Waals surface area (Å²) >= 11 is 0. The second-order valence-corrected chi connectivity index (χ2v) is 6.94. The van der Waals surface area contributed by atoms with Gasteiger partial charge in [-0.1, -0.05) is 18.2 Å². The first kappa shape index (κ1) is 19.4. The van der Waals surface area contributed by atoms with Gasteiger partial charge in [0.1, 0.15) is 11.6 Å². The summed E-state index contributed by atoms with van der Waals surface area (Å²) in [6, 6.07) is 13.8. The zero-order valence-corrected chi connectivity index (χ0v) is 15.7. The van der Waals surface area contributed by atoms with Gasteiger partial charge in [0.05, 0.1) is 13.7 Å². The fourth-order valence-corrected chi connectivity index (χ4v) is 3.43. The Bertz CT molecular complexity index is 757. The summed E-state index contributed by atoms with van der Waals surface area (Å²) in [6.07, 6.45) is 2.94. The topological polar surface area (TPSA) is 38.8 Å². The summed E-state index contributed by atoms with van der Waals surface area (Å²) in [6.45, 7) is 2.63. The average Bonchev–Trinajstić information content (AvgIpc) is 2.71. The van der Waals surface area contributed by atoms with Crippen molar-refractivity contribution in [3.63, 3.8) is 0 Å². The molecule has 2 aromatic rings. The Morgan fingerprint density at radius 1 is 1.15 bits per heavy atom. The van der Waals surface area contributed by atoms with Crippen LogP contribution in [-0.2, 0) is 11.3 Å². The molecule has 0 spiro atoms. The Morgan fingerprint density at radius 3 is 2.67 bits per heavy atom. The van der Waals surface area contributed by atoms with E-state index in [1.807, 2.05) is 29.2 Å². The molecule has 27 heavy (non-hydrogen) atoms. The summed E-state index contributed by atoms with van der Waals surface area (Å²) in [5.41, 5.74) is 1.53. The van der Waals surface area contributed by atoms with E-state index in [1.165, 1.54) is 12.1 Å². The van der Waals surface area contributed by atoms with Crippen molar-refractivity contribution in [3.05, 3.63) is 65.5 Å². The van der Waals surface area contributed by atoms with Gasteiger partial charge in [0.2, 0.25) is 0 Å². The normalized spacial score (nSPS) is 15.0. The zero-order chi connectivity index (χ0) is 19.1. The second kappa shape index (κ2) is 9.51. The fourth-order valence-electron chi connectivity index (χ4n) is 3.43. The van der Waals surface area contributed by atoms with Gasteiger partial charge in [-0.3, -0.25) is 4.79 Å². The minimum absolute atomic E-state index is 0.0645. The summed E-state index contributed by atoms with van der Waals surface area (Å²) in [5.74, 6) is 1.09. The molecule has 0 atom stereocenters. The van der Waals surface area contributed by atoms with Crippen molar-refractivity contribution >= 4 is 5.91 Å². The third kappa shape index (κ3) is 5.54. The number of rotatable bonds is 7. The number of carbonyl (C=O) groups excluding carboxylic acids is 1. The molecule has 0 unspecified atom stereocenters. The molecule has 3 rings (SSSR count). The average molecular weight is 371 g/mol. The van der Waals surface area contributed by atoms with Crippen molar-refractivity contribution in [2.45, 2.75) is 25.9 Å². The number of methoxy groups -OCH3 is 1. The minimum Gasteiger partial charge on any atom is -0.497 e. The van der Waals surface area contributed by atoms with E-state index in [9.17, 15) is 9.18 Å². The van der Waals surface area contributed by atoms with Crippen LogP contribution in [0.1, 0.15) is 35.2 Å². The molecule has 1 heterocycles. The van der Waals surface area contributed by atoms with E-state index in [2.05, 4.69) is 0 Å². The van der Waals surface area contributed by atoms with Crippen LogP contribution >= 0.6 is 0 Å². The molecule has 0 N–H and O–H groups in total. The highest BCUT2D eigenvalue weighted by atomic mass is 19.1. The Balaban J connectivity index is 1.39. The lowest BCUT2D eigenvalue weighted by Crippen LogP contribution is -2.38. The summed E-state index contributed by atoms with van der Waals surface area (Å²) in [4.78, 5) is 14.5. The highest BCUT2D eigenvalue weighted by molar-refractivity contribution is 5.94. The molecule has 0 aromatic heterocycles. The maximum Gasteiger partial charge on any atom is 0.253 e. The highest BCUT2D eigenvalue weighted by Crippen LogP contribution is 2.23. The molecule has 1 aliphatic heterocycles. The lowest BCUT2D eigenvalue weighted by Gasteiger charge is -2.32. The van der Waals surface area contributed by atoms with E-state index < -0.39 is 0 Å². The van der Waals surface area contributed by atoms with Gasteiger partial charge in [-0.2, -0.15) is 0 Å². The zero-order valence-electron chi connectivity index (χ0n) is 15.7. The van der Waals surface area contributed by atoms with E-state index in [0.29, 0.717) is 30.4 Å². The standard InChI is InChI=1S/C22H26FNO3/c1-26-21-7-3-5-19(15-21)22(25)24-11-8-17(9-12-24)10-13-27-16-18-4-2-6-20(23)14-18/h2-7,14-15,17H,8-13,16H2,1H3. The molecule has 0 radical (unpaired) electrons. The van der Waals surface area contributed by atoms with Gasteiger partial charge in [0.15, 0.2) is 0 Å². The second-order valence-electron chi connectivity index (χ2n) is 6.94. The lowest BCUT2D eigenvalue weighted by atomic mass is 9.93. The number of halogens is 1. The predicted molar refractivity (Wildman–Crippen MR) is 102 cm³/mol. The summed E-state index contributed by atoms with van der Waals surface area (Å²) in [7, 11) is 1.60. The van der Waals surface area contributed by atoms with E-state index in [-0.39, 0.29) is 11.7 Å². The van der Waals surface area contributed by atoms with E-state index >= 15 is 0 Å². The molecule has 5 heteroatoms. The van der Waals surface area contributed by atoms with Crippen molar-refractivity contribution in [1.82, 2.24) is 4.90 Å². The Labute approximate surface area is 159 Å². The van der Waals surface area contributed by atoms with Crippen LogP contribution in [0.5, 0.6) is 5.75 Å². The quantitative estimate of drug-likeness (QED) is 0.682.